The van der Waals surface area contributed by atoms with Gasteiger partial charge in [0.15, 0.2) is 0 Å². The fraction of sp³-hybridized carbons (Fsp3) is 0.318. The van der Waals surface area contributed by atoms with E-state index in [9.17, 15) is 9.59 Å². The summed E-state index contributed by atoms with van der Waals surface area (Å²) in [6, 6.07) is 14.6. The number of aryl methyl sites for hydroxylation is 1. The number of rotatable bonds is 5. The van der Waals surface area contributed by atoms with E-state index in [1.54, 1.807) is 24.3 Å². The Kier molecular flexibility index (Phi) is 6.97. The predicted octanol–water partition coefficient (Wildman–Crippen LogP) is 3.33. The Bertz CT molecular complexity index is 887. The van der Waals surface area contributed by atoms with Gasteiger partial charge in [-0.2, -0.15) is 0 Å². The number of carbonyl (C=O) groups is 2. The molecule has 1 aliphatic rings. The number of amides is 2. The molecule has 0 radical (unpaired) electrons. The molecule has 1 heterocycles. The van der Waals surface area contributed by atoms with Gasteiger partial charge in [-0.1, -0.05) is 23.8 Å². The fourth-order valence-corrected chi connectivity index (χ4v) is 2.99. The largest absolute Gasteiger partial charge is 0.376 e. The summed E-state index contributed by atoms with van der Waals surface area (Å²) in [7, 11) is 0. The van der Waals surface area contributed by atoms with Gasteiger partial charge in [-0.15, -0.1) is 0 Å². The van der Waals surface area contributed by atoms with Crippen LogP contribution in [0.15, 0.2) is 53.5 Å². The smallest absolute Gasteiger partial charge is 0.258 e. The van der Waals surface area contributed by atoms with E-state index < -0.39 is 0 Å². The number of aliphatic imine (C=N–C) groups is 1. The van der Waals surface area contributed by atoms with Gasteiger partial charge in [0, 0.05) is 30.5 Å². The van der Waals surface area contributed by atoms with E-state index >= 15 is 0 Å². The zero-order valence-corrected chi connectivity index (χ0v) is 16.7. The lowest BCUT2D eigenvalue weighted by Gasteiger charge is -2.14. The van der Waals surface area contributed by atoms with Crippen LogP contribution in [0.1, 0.15) is 35.7 Å². The molecule has 0 saturated carbocycles. The molecule has 1 saturated heterocycles. The van der Waals surface area contributed by atoms with Gasteiger partial charge in [0.1, 0.15) is 0 Å². The van der Waals surface area contributed by atoms with Gasteiger partial charge >= 0.3 is 0 Å². The summed E-state index contributed by atoms with van der Waals surface area (Å²) in [6.07, 6.45) is 2.07. The van der Waals surface area contributed by atoms with Crippen LogP contribution in [0.25, 0.3) is 0 Å². The van der Waals surface area contributed by atoms with Crippen LogP contribution in [0, 0.1) is 6.92 Å². The SMILES string of the molecule is CC(=O)Nc1cccc(C(=O)NC(=NC[C@@H]2CCCO2)Nc2ccc(C)cc2)c1. The third-order valence-corrected chi connectivity index (χ3v) is 4.47. The first kappa shape index (κ1) is 20.5. The summed E-state index contributed by atoms with van der Waals surface area (Å²) in [5, 5.41) is 8.68. The van der Waals surface area contributed by atoms with E-state index in [0.29, 0.717) is 23.8 Å². The van der Waals surface area contributed by atoms with Gasteiger partial charge in [-0.3, -0.25) is 14.9 Å². The Labute approximate surface area is 170 Å². The van der Waals surface area contributed by atoms with Gasteiger partial charge in [0.25, 0.3) is 5.91 Å². The topological polar surface area (TPSA) is 91.8 Å². The van der Waals surface area contributed by atoms with E-state index in [-0.39, 0.29) is 17.9 Å². The van der Waals surface area contributed by atoms with Gasteiger partial charge < -0.3 is 15.4 Å². The number of hydrogen-bond acceptors (Lipinski definition) is 4. The van der Waals surface area contributed by atoms with Crippen molar-refractivity contribution in [2.45, 2.75) is 32.8 Å². The van der Waals surface area contributed by atoms with Crippen molar-refractivity contribution in [2.75, 3.05) is 23.8 Å². The zero-order chi connectivity index (χ0) is 20.6. The molecule has 2 amide bonds. The highest BCUT2D eigenvalue weighted by Crippen LogP contribution is 2.14. The molecule has 0 spiro atoms. The van der Waals surface area contributed by atoms with Crippen molar-refractivity contribution in [2.24, 2.45) is 4.99 Å². The Morgan fingerprint density at radius 2 is 1.90 bits per heavy atom. The first-order valence-electron chi connectivity index (χ1n) is 9.68. The van der Waals surface area contributed by atoms with Crippen LogP contribution in [-0.4, -0.2) is 37.0 Å². The van der Waals surface area contributed by atoms with E-state index in [4.69, 9.17) is 4.74 Å². The maximum absolute atomic E-state index is 12.8. The minimum absolute atomic E-state index is 0.0739. The van der Waals surface area contributed by atoms with Gasteiger partial charge in [-0.25, -0.2) is 4.99 Å². The molecule has 1 fully saturated rings. The Morgan fingerprint density at radius 3 is 2.59 bits per heavy atom. The molecule has 1 aliphatic heterocycles. The van der Waals surface area contributed by atoms with Crippen LogP contribution in [0.3, 0.4) is 0 Å². The van der Waals surface area contributed by atoms with Crippen molar-refractivity contribution in [3.8, 4) is 0 Å². The molecule has 0 aromatic heterocycles. The van der Waals surface area contributed by atoms with Gasteiger partial charge in [0.2, 0.25) is 11.9 Å². The normalized spacial score (nSPS) is 16.3. The molecule has 2 aromatic rings. The van der Waals surface area contributed by atoms with Crippen molar-refractivity contribution >= 4 is 29.1 Å². The Hall–Kier alpha value is -3.19. The molecule has 0 unspecified atom stereocenters. The molecule has 7 heteroatoms. The van der Waals surface area contributed by atoms with Crippen molar-refractivity contribution in [3.05, 3.63) is 59.7 Å². The van der Waals surface area contributed by atoms with Crippen molar-refractivity contribution in [1.82, 2.24) is 5.32 Å². The molecule has 2 aromatic carbocycles. The predicted molar refractivity (Wildman–Crippen MR) is 114 cm³/mol. The monoisotopic (exact) mass is 394 g/mol. The highest BCUT2D eigenvalue weighted by molar-refractivity contribution is 6.10. The van der Waals surface area contributed by atoms with Crippen LogP contribution >= 0.6 is 0 Å². The highest BCUT2D eigenvalue weighted by Gasteiger charge is 2.16. The lowest BCUT2D eigenvalue weighted by Crippen LogP contribution is -2.36. The maximum Gasteiger partial charge on any atom is 0.258 e. The number of guanidine groups is 1. The standard InChI is InChI=1S/C22H26N4O3/c1-15-8-10-18(11-9-15)25-22(23-14-20-7-4-12-29-20)26-21(28)17-5-3-6-19(13-17)24-16(2)27/h3,5-6,8-11,13,20H,4,7,12,14H2,1-2H3,(H,24,27)(H2,23,25,26,28)/t20-/m0/s1. The molecule has 1 atom stereocenters. The average Bonchev–Trinajstić information content (AvgIpc) is 3.21. The van der Waals surface area contributed by atoms with E-state index in [1.165, 1.54) is 6.92 Å². The molecule has 152 valence electrons. The number of nitrogens with zero attached hydrogens (tertiary/aromatic N) is 1. The summed E-state index contributed by atoms with van der Waals surface area (Å²) in [4.78, 5) is 28.6. The summed E-state index contributed by atoms with van der Waals surface area (Å²) >= 11 is 0. The quantitative estimate of drug-likeness (QED) is 0.536. The molecule has 3 N–H and O–H groups in total. The zero-order valence-electron chi connectivity index (χ0n) is 16.7. The van der Waals surface area contributed by atoms with Crippen molar-refractivity contribution in [1.29, 1.82) is 0 Å². The second kappa shape index (κ2) is 9.84. The maximum atomic E-state index is 12.8. The highest BCUT2D eigenvalue weighted by atomic mass is 16.5. The van der Waals surface area contributed by atoms with Gasteiger partial charge in [-0.05, 0) is 50.1 Å². The molecular weight excluding hydrogens is 368 g/mol. The Balaban J connectivity index is 1.74. The summed E-state index contributed by atoms with van der Waals surface area (Å²) in [6.45, 7) is 4.66. The molecule has 0 aliphatic carbocycles. The van der Waals surface area contributed by atoms with E-state index in [2.05, 4.69) is 20.9 Å². The number of nitrogens with one attached hydrogen (secondary N) is 3. The summed E-state index contributed by atoms with van der Waals surface area (Å²) < 4.78 is 5.62. The number of benzene rings is 2. The van der Waals surface area contributed by atoms with Crippen LogP contribution in [0.4, 0.5) is 11.4 Å². The minimum Gasteiger partial charge on any atom is -0.376 e. The number of hydrogen-bond donors (Lipinski definition) is 3. The molecule has 0 bridgehead atoms. The van der Waals surface area contributed by atoms with Crippen LogP contribution < -0.4 is 16.0 Å². The van der Waals surface area contributed by atoms with E-state index in [0.717, 1.165) is 30.7 Å². The number of carbonyl (C=O) groups excluding carboxylic acids is 2. The third-order valence-electron chi connectivity index (χ3n) is 4.47. The van der Waals surface area contributed by atoms with Crippen LogP contribution in [-0.2, 0) is 9.53 Å². The Morgan fingerprint density at radius 1 is 1.10 bits per heavy atom. The number of anilines is 2. The average molecular weight is 394 g/mol. The summed E-state index contributed by atoms with van der Waals surface area (Å²) in [5.41, 5.74) is 2.96. The molecule has 3 rings (SSSR count). The van der Waals surface area contributed by atoms with Crippen molar-refractivity contribution < 1.29 is 14.3 Å². The number of ether oxygens (including phenoxy) is 1. The molecular formula is C22H26N4O3. The second-order valence-electron chi connectivity index (χ2n) is 7.03. The molecule has 29 heavy (non-hydrogen) atoms. The lowest BCUT2D eigenvalue weighted by molar-refractivity contribution is -0.114. The fourth-order valence-electron chi connectivity index (χ4n) is 2.99. The van der Waals surface area contributed by atoms with Crippen LogP contribution in [0.2, 0.25) is 0 Å². The van der Waals surface area contributed by atoms with Gasteiger partial charge in [0.05, 0.1) is 12.6 Å². The third kappa shape index (κ3) is 6.43. The van der Waals surface area contributed by atoms with Crippen LogP contribution in [0.5, 0.6) is 0 Å². The first-order valence-corrected chi connectivity index (χ1v) is 9.68. The second-order valence-corrected chi connectivity index (χ2v) is 7.03. The van der Waals surface area contributed by atoms with E-state index in [1.807, 2.05) is 31.2 Å². The summed E-state index contributed by atoms with van der Waals surface area (Å²) in [5.74, 6) is -0.149. The minimum atomic E-state index is -0.317. The van der Waals surface area contributed by atoms with Crippen molar-refractivity contribution in [3.63, 3.8) is 0 Å². The molecule has 7 nitrogen and oxygen atoms in total. The first-order chi connectivity index (χ1) is 14.0. The lowest BCUT2D eigenvalue weighted by atomic mass is 10.2.